The lowest BCUT2D eigenvalue weighted by atomic mass is 10.0. The molecule has 3 nitrogen and oxygen atoms in total. The van der Waals surface area contributed by atoms with Gasteiger partial charge in [0.15, 0.2) is 0 Å². The summed E-state index contributed by atoms with van der Waals surface area (Å²) in [6.07, 6.45) is -0.369. The maximum absolute atomic E-state index is 10.3. The van der Waals surface area contributed by atoms with E-state index in [0.717, 1.165) is 38.3 Å². The average molecular weight is 248 g/mol. The van der Waals surface area contributed by atoms with Crippen LogP contribution in [0.5, 0.6) is 0 Å². The number of aryl methyl sites for hydroxylation is 2. The standard InChI is InChI=1S/C15H24N2O/c1-12-8-13(2)10-14(9-12)15(18)11-17-6-4-16(3)5-7-17/h8-10,15,18H,4-7,11H2,1-3H3. The van der Waals surface area contributed by atoms with E-state index in [1.165, 1.54) is 11.1 Å². The predicted octanol–water partition coefficient (Wildman–Crippen LogP) is 1.58. The van der Waals surface area contributed by atoms with Gasteiger partial charge in [-0.1, -0.05) is 29.3 Å². The zero-order chi connectivity index (χ0) is 13.1. The van der Waals surface area contributed by atoms with Gasteiger partial charge in [-0.15, -0.1) is 0 Å². The molecular weight excluding hydrogens is 224 g/mol. The third-order valence-corrected chi connectivity index (χ3v) is 3.66. The highest BCUT2D eigenvalue weighted by Crippen LogP contribution is 2.18. The van der Waals surface area contributed by atoms with Crippen molar-refractivity contribution in [3.8, 4) is 0 Å². The van der Waals surface area contributed by atoms with Crippen LogP contribution in [0.1, 0.15) is 22.8 Å². The normalized spacial score (nSPS) is 20.0. The minimum absolute atomic E-state index is 0.369. The van der Waals surface area contributed by atoms with Gasteiger partial charge in [-0.3, -0.25) is 4.90 Å². The van der Waals surface area contributed by atoms with Crippen LogP contribution in [0.2, 0.25) is 0 Å². The molecule has 1 aliphatic rings. The van der Waals surface area contributed by atoms with Crippen molar-refractivity contribution in [2.24, 2.45) is 0 Å². The fourth-order valence-electron chi connectivity index (χ4n) is 2.58. The van der Waals surface area contributed by atoms with Crippen molar-refractivity contribution < 1.29 is 5.11 Å². The first-order valence-corrected chi connectivity index (χ1v) is 6.72. The van der Waals surface area contributed by atoms with E-state index in [9.17, 15) is 5.11 Å². The Hall–Kier alpha value is -0.900. The minimum atomic E-state index is -0.369. The van der Waals surface area contributed by atoms with Crippen molar-refractivity contribution in [2.75, 3.05) is 39.8 Å². The quantitative estimate of drug-likeness (QED) is 0.880. The van der Waals surface area contributed by atoms with E-state index >= 15 is 0 Å². The molecule has 1 atom stereocenters. The molecule has 1 heterocycles. The van der Waals surface area contributed by atoms with E-state index < -0.39 is 0 Å². The number of aliphatic hydroxyl groups is 1. The number of hydrogen-bond acceptors (Lipinski definition) is 3. The Labute approximate surface area is 110 Å². The van der Waals surface area contributed by atoms with Crippen LogP contribution in [0.15, 0.2) is 18.2 Å². The average Bonchev–Trinajstić information content (AvgIpc) is 2.31. The first-order valence-electron chi connectivity index (χ1n) is 6.72. The van der Waals surface area contributed by atoms with Crippen molar-refractivity contribution in [3.63, 3.8) is 0 Å². The Morgan fingerprint density at radius 2 is 1.61 bits per heavy atom. The molecule has 0 bridgehead atoms. The lowest BCUT2D eigenvalue weighted by molar-refractivity contribution is 0.0804. The van der Waals surface area contributed by atoms with Gasteiger partial charge in [0.1, 0.15) is 0 Å². The van der Waals surface area contributed by atoms with Crippen LogP contribution in [0, 0.1) is 13.8 Å². The maximum Gasteiger partial charge on any atom is 0.0917 e. The fourth-order valence-corrected chi connectivity index (χ4v) is 2.58. The lowest BCUT2D eigenvalue weighted by Crippen LogP contribution is -2.45. The molecule has 1 N–H and O–H groups in total. The van der Waals surface area contributed by atoms with Crippen LogP contribution in [0.4, 0.5) is 0 Å². The number of hydrogen-bond donors (Lipinski definition) is 1. The van der Waals surface area contributed by atoms with E-state index in [0.29, 0.717) is 0 Å². The number of aliphatic hydroxyl groups excluding tert-OH is 1. The smallest absolute Gasteiger partial charge is 0.0917 e. The van der Waals surface area contributed by atoms with Crippen molar-refractivity contribution in [1.29, 1.82) is 0 Å². The van der Waals surface area contributed by atoms with Gasteiger partial charge >= 0.3 is 0 Å². The maximum atomic E-state index is 10.3. The highest BCUT2D eigenvalue weighted by atomic mass is 16.3. The minimum Gasteiger partial charge on any atom is -0.387 e. The van der Waals surface area contributed by atoms with Gasteiger partial charge in [0.2, 0.25) is 0 Å². The highest BCUT2D eigenvalue weighted by molar-refractivity contribution is 5.30. The number of benzene rings is 1. The molecule has 1 unspecified atom stereocenters. The largest absolute Gasteiger partial charge is 0.387 e. The summed E-state index contributed by atoms with van der Waals surface area (Å²) in [4.78, 5) is 4.68. The van der Waals surface area contributed by atoms with Crippen molar-refractivity contribution in [1.82, 2.24) is 9.80 Å². The first-order chi connectivity index (χ1) is 8.54. The summed E-state index contributed by atoms with van der Waals surface area (Å²) >= 11 is 0. The van der Waals surface area contributed by atoms with Crippen LogP contribution in [0.3, 0.4) is 0 Å². The summed E-state index contributed by atoms with van der Waals surface area (Å²) in [5.74, 6) is 0. The van der Waals surface area contributed by atoms with Gasteiger partial charge in [0.05, 0.1) is 6.10 Å². The topological polar surface area (TPSA) is 26.7 Å². The molecule has 1 fully saturated rings. The van der Waals surface area contributed by atoms with E-state index in [4.69, 9.17) is 0 Å². The second-order valence-corrected chi connectivity index (χ2v) is 5.54. The van der Waals surface area contributed by atoms with Crippen molar-refractivity contribution >= 4 is 0 Å². The first kappa shape index (κ1) is 13.5. The Morgan fingerprint density at radius 3 is 2.17 bits per heavy atom. The van der Waals surface area contributed by atoms with E-state index in [1.807, 2.05) is 0 Å². The number of piperazine rings is 1. The highest BCUT2D eigenvalue weighted by Gasteiger charge is 2.18. The Balaban J connectivity index is 1.96. The number of β-amino-alcohol motifs (C(OH)–C–C–N with tert-alkyl or cyclic N) is 1. The van der Waals surface area contributed by atoms with E-state index in [-0.39, 0.29) is 6.10 Å². The van der Waals surface area contributed by atoms with Crippen LogP contribution < -0.4 is 0 Å². The van der Waals surface area contributed by atoms with Gasteiger partial charge in [-0.25, -0.2) is 0 Å². The van der Waals surface area contributed by atoms with E-state index in [1.54, 1.807) is 0 Å². The lowest BCUT2D eigenvalue weighted by Gasteiger charge is -2.33. The molecule has 0 spiro atoms. The molecule has 2 rings (SSSR count). The Morgan fingerprint density at radius 1 is 1.06 bits per heavy atom. The summed E-state index contributed by atoms with van der Waals surface area (Å²) in [5.41, 5.74) is 3.50. The molecule has 1 aromatic rings. The molecule has 0 radical (unpaired) electrons. The third-order valence-electron chi connectivity index (χ3n) is 3.66. The van der Waals surface area contributed by atoms with Gasteiger partial charge in [0, 0.05) is 32.7 Å². The molecule has 0 aliphatic carbocycles. The van der Waals surface area contributed by atoms with Crippen molar-refractivity contribution in [3.05, 3.63) is 34.9 Å². The SMILES string of the molecule is Cc1cc(C)cc(C(O)CN2CCN(C)CC2)c1. The van der Waals surface area contributed by atoms with Crippen LogP contribution >= 0.6 is 0 Å². The molecule has 0 aromatic heterocycles. The van der Waals surface area contributed by atoms with Gasteiger partial charge in [-0.05, 0) is 26.5 Å². The number of rotatable bonds is 3. The predicted molar refractivity (Wildman–Crippen MR) is 74.8 cm³/mol. The third kappa shape index (κ3) is 3.55. The molecule has 0 amide bonds. The molecule has 18 heavy (non-hydrogen) atoms. The van der Waals surface area contributed by atoms with Crippen LogP contribution in [-0.4, -0.2) is 54.7 Å². The van der Waals surface area contributed by atoms with E-state index in [2.05, 4.69) is 48.9 Å². The Kier molecular flexibility index (Phi) is 4.38. The summed E-state index contributed by atoms with van der Waals surface area (Å²) in [7, 11) is 2.15. The molecule has 1 saturated heterocycles. The molecule has 0 saturated carbocycles. The van der Waals surface area contributed by atoms with Crippen LogP contribution in [-0.2, 0) is 0 Å². The second-order valence-electron chi connectivity index (χ2n) is 5.54. The second kappa shape index (κ2) is 5.83. The summed E-state index contributed by atoms with van der Waals surface area (Å²) < 4.78 is 0. The Bertz CT molecular complexity index is 377. The zero-order valence-corrected chi connectivity index (χ0v) is 11.7. The van der Waals surface area contributed by atoms with Gasteiger partial charge < -0.3 is 10.0 Å². The molecule has 1 aromatic carbocycles. The summed E-state index contributed by atoms with van der Waals surface area (Å²) in [5, 5.41) is 10.3. The molecule has 1 aliphatic heterocycles. The fraction of sp³-hybridized carbons (Fsp3) is 0.600. The molecule has 100 valence electrons. The summed E-state index contributed by atoms with van der Waals surface area (Å²) in [6.45, 7) is 9.21. The summed E-state index contributed by atoms with van der Waals surface area (Å²) in [6, 6.07) is 6.33. The van der Waals surface area contributed by atoms with Crippen molar-refractivity contribution in [2.45, 2.75) is 20.0 Å². The number of likely N-dealkylation sites (N-methyl/N-ethyl adjacent to an activating group) is 1. The van der Waals surface area contributed by atoms with Gasteiger partial charge in [-0.2, -0.15) is 0 Å². The van der Waals surface area contributed by atoms with Gasteiger partial charge in [0.25, 0.3) is 0 Å². The molecule has 3 heteroatoms. The molecular formula is C15H24N2O. The number of nitrogens with zero attached hydrogens (tertiary/aromatic N) is 2. The zero-order valence-electron chi connectivity index (χ0n) is 11.7. The van der Waals surface area contributed by atoms with Crippen LogP contribution in [0.25, 0.3) is 0 Å². The monoisotopic (exact) mass is 248 g/mol.